The van der Waals surface area contributed by atoms with Gasteiger partial charge in [0.1, 0.15) is 0 Å². The number of nitrogens with zero attached hydrogens (tertiary/aromatic N) is 2. The van der Waals surface area contributed by atoms with E-state index >= 15 is 0 Å². The number of benzene rings is 2. The first-order valence-electron chi connectivity index (χ1n) is 7.83. The van der Waals surface area contributed by atoms with E-state index in [4.69, 9.17) is 16.2 Å². The van der Waals surface area contributed by atoms with Gasteiger partial charge in [0.2, 0.25) is 0 Å². The largest absolute Gasteiger partial charge is 0.380 e. The van der Waals surface area contributed by atoms with E-state index in [0.29, 0.717) is 5.15 Å². The third kappa shape index (κ3) is 4.15. The van der Waals surface area contributed by atoms with E-state index in [0.717, 1.165) is 33.3 Å². The monoisotopic (exact) mass is 375 g/mol. The Balaban J connectivity index is 1.99. The number of hydrogen-bond donors (Lipinski definition) is 2. The van der Waals surface area contributed by atoms with Crippen molar-refractivity contribution in [3.05, 3.63) is 53.2 Å². The predicted octanol–water partition coefficient (Wildman–Crippen LogP) is 4.49. The van der Waals surface area contributed by atoms with Crippen molar-refractivity contribution in [2.24, 2.45) is 0 Å². The van der Waals surface area contributed by atoms with Gasteiger partial charge in [0.25, 0.3) is 0 Å². The molecular formula is C18H18ClN3O2S. The fourth-order valence-corrected chi connectivity index (χ4v) is 3.30. The Morgan fingerprint density at radius 1 is 1.12 bits per heavy atom. The Labute approximate surface area is 153 Å². The van der Waals surface area contributed by atoms with Gasteiger partial charge in [0.05, 0.1) is 17.0 Å². The minimum absolute atomic E-state index is 0.131. The minimum Gasteiger partial charge on any atom is -0.380 e. The van der Waals surface area contributed by atoms with E-state index in [1.165, 1.54) is 0 Å². The number of halogens is 1. The lowest BCUT2D eigenvalue weighted by atomic mass is 10.0. The molecule has 0 aliphatic rings. The van der Waals surface area contributed by atoms with E-state index < -0.39 is 11.1 Å². The summed E-state index contributed by atoms with van der Waals surface area (Å²) in [6.45, 7) is 4.08. The summed E-state index contributed by atoms with van der Waals surface area (Å²) in [6.07, 6.45) is 0. The predicted molar refractivity (Wildman–Crippen MR) is 103 cm³/mol. The summed E-state index contributed by atoms with van der Waals surface area (Å²) >= 11 is 4.35. The Kier molecular flexibility index (Phi) is 5.32. The minimum atomic E-state index is -1.83. The quantitative estimate of drug-likeness (QED) is 0.642. The summed E-state index contributed by atoms with van der Waals surface area (Å²) in [6, 6.07) is 13.7. The molecule has 5 nitrogen and oxygen atoms in total. The van der Waals surface area contributed by atoms with Crippen molar-refractivity contribution >= 4 is 39.3 Å². The smallest absolute Gasteiger partial charge is 0.175 e. The van der Waals surface area contributed by atoms with Crippen molar-refractivity contribution in [1.82, 2.24) is 10.2 Å². The highest BCUT2D eigenvalue weighted by atomic mass is 35.5. The van der Waals surface area contributed by atoms with Crippen molar-refractivity contribution in [2.75, 3.05) is 5.32 Å². The maximum absolute atomic E-state index is 10.9. The number of fused-ring (bicyclic) bond motifs is 1. The van der Waals surface area contributed by atoms with E-state index in [1.54, 1.807) is 0 Å². The molecule has 3 aromatic rings. The first-order chi connectivity index (χ1) is 11.9. The first kappa shape index (κ1) is 17.8. The molecule has 2 aromatic carbocycles. The van der Waals surface area contributed by atoms with Crippen LogP contribution in [0.15, 0.2) is 42.5 Å². The van der Waals surface area contributed by atoms with Crippen LogP contribution in [0.4, 0.5) is 5.69 Å². The third-order valence-electron chi connectivity index (χ3n) is 3.73. The summed E-state index contributed by atoms with van der Waals surface area (Å²) in [5, 5.41) is 12.8. The molecule has 1 unspecified atom stereocenters. The maximum atomic E-state index is 10.9. The molecule has 1 aromatic heterocycles. The maximum Gasteiger partial charge on any atom is 0.175 e. The van der Waals surface area contributed by atoms with E-state index in [2.05, 4.69) is 15.5 Å². The first-order valence-corrected chi connectivity index (χ1v) is 9.48. The second-order valence-corrected chi connectivity index (χ2v) is 7.35. The highest BCUT2D eigenvalue weighted by Crippen LogP contribution is 2.31. The zero-order valence-corrected chi connectivity index (χ0v) is 15.4. The molecule has 130 valence electrons. The summed E-state index contributed by atoms with van der Waals surface area (Å²) in [5.74, 6) is 0.131. The zero-order chi connectivity index (χ0) is 18.0. The normalized spacial score (nSPS) is 12.5. The number of aromatic nitrogens is 2. The van der Waals surface area contributed by atoms with E-state index in [-0.39, 0.29) is 11.8 Å². The topological polar surface area (TPSA) is 75.1 Å². The lowest BCUT2D eigenvalue weighted by Crippen LogP contribution is -2.11. The fraction of sp³-hybridized carbons (Fsp3) is 0.222. The molecule has 0 amide bonds. The van der Waals surface area contributed by atoms with Gasteiger partial charge >= 0.3 is 0 Å². The van der Waals surface area contributed by atoms with Gasteiger partial charge in [-0.15, -0.1) is 10.2 Å². The molecule has 0 radical (unpaired) electrons. The molecule has 3 rings (SSSR count). The zero-order valence-electron chi connectivity index (χ0n) is 13.9. The molecule has 1 atom stereocenters. The van der Waals surface area contributed by atoms with Crippen LogP contribution in [-0.4, -0.2) is 25.0 Å². The fourth-order valence-electron chi connectivity index (χ4n) is 2.63. The SMILES string of the molecule is CC(C)Nc1c(Cl)nnc2cc(-c3ccc(CS(=O)O)cc3)ccc12. The summed E-state index contributed by atoms with van der Waals surface area (Å²) in [5.41, 5.74) is 4.36. The molecule has 25 heavy (non-hydrogen) atoms. The molecule has 0 bridgehead atoms. The van der Waals surface area contributed by atoms with Crippen LogP contribution in [-0.2, 0) is 16.8 Å². The van der Waals surface area contributed by atoms with Crippen molar-refractivity contribution in [1.29, 1.82) is 0 Å². The van der Waals surface area contributed by atoms with Crippen molar-refractivity contribution in [3.63, 3.8) is 0 Å². The average Bonchev–Trinajstić information content (AvgIpc) is 2.57. The highest BCUT2D eigenvalue weighted by molar-refractivity contribution is 7.78. The molecule has 0 spiro atoms. The summed E-state index contributed by atoms with van der Waals surface area (Å²) < 4.78 is 19.8. The number of hydrogen-bond acceptors (Lipinski definition) is 4. The van der Waals surface area contributed by atoms with Crippen LogP contribution in [0, 0.1) is 0 Å². The van der Waals surface area contributed by atoms with Gasteiger partial charge in [-0.05, 0) is 42.7 Å². The Morgan fingerprint density at radius 3 is 2.44 bits per heavy atom. The van der Waals surface area contributed by atoms with Crippen LogP contribution >= 0.6 is 11.6 Å². The number of nitrogens with one attached hydrogen (secondary N) is 1. The molecular weight excluding hydrogens is 358 g/mol. The van der Waals surface area contributed by atoms with Crippen LogP contribution in [0.25, 0.3) is 22.0 Å². The van der Waals surface area contributed by atoms with Gasteiger partial charge in [-0.2, -0.15) is 0 Å². The van der Waals surface area contributed by atoms with Gasteiger partial charge in [-0.1, -0.05) is 41.9 Å². The van der Waals surface area contributed by atoms with Crippen LogP contribution in [0.1, 0.15) is 19.4 Å². The summed E-state index contributed by atoms with van der Waals surface area (Å²) in [4.78, 5) is 0. The lowest BCUT2D eigenvalue weighted by Gasteiger charge is -2.14. The molecule has 1 heterocycles. The molecule has 0 aliphatic carbocycles. The van der Waals surface area contributed by atoms with Crippen LogP contribution in [0.3, 0.4) is 0 Å². The van der Waals surface area contributed by atoms with E-state index in [9.17, 15) is 4.21 Å². The molecule has 2 N–H and O–H groups in total. The summed E-state index contributed by atoms with van der Waals surface area (Å²) in [7, 11) is 0. The second-order valence-electron chi connectivity index (χ2n) is 6.06. The number of anilines is 1. The molecule has 0 saturated carbocycles. The van der Waals surface area contributed by atoms with Gasteiger partial charge in [-0.3, -0.25) is 0 Å². The van der Waals surface area contributed by atoms with Crippen molar-refractivity contribution in [2.45, 2.75) is 25.6 Å². The molecule has 7 heteroatoms. The van der Waals surface area contributed by atoms with Crippen molar-refractivity contribution < 1.29 is 8.76 Å². The molecule has 0 saturated heterocycles. The van der Waals surface area contributed by atoms with Gasteiger partial charge in [0.15, 0.2) is 16.2 Å². The Hall–Kier alpha value is -2.02. The highest BCUT2D eigenvalue weighted by Gasteiger charge is 2.11. The number of rotatable bonds is 5. The molecule has 0 aliphatic heterocycles. The van der Waals surface area contributed by atoms with Gasteiger partial charge < -0.3 is 9.87 Å². The van der Waals surface area contributed by atoms with Gasteiger partial charge in [-0.25, -0.2) is 4.21 Å². The Morgan fingerprint density at radius 2 is 1.80 bits per heavy atom. The lowest BCUT2D eigenvalue weighted by molar-refractivity contribution is 0.563. The second kappa shape index (κ2) is 7.47. The van der Waals surface area contributed by atoms with Gasteiger partial charge in [0, 0.05) is 11.4 Å². The van der Waals surface area contributed by atoms with Crippen LogP contribution < -0.4 is 5.32 Å². The third-order valence-corrected chi connectivity index (χ3v) is 4.57. The van der Waals surface area contributed by atoms with Crippen LogP contribution in [0.2, 0.25) is 5.15 Å². The average molecular weight is 376 g/mol. The van der Waals surface area contributed by atoms with E-state index in [1.807, 2.05) is 56.3 Å². The molecule has 0 fully saturated rings. The van der Waals surface area contributed by atoms with Crippen molar-refractivity contribution in [3.8, 4) is 11.1 Å². The standard InChI is InChI=1S/C18H18ClN3O2S/c1-11(2)20-17-15-8-7-14(9-16(15)21-22-18(17)19)13-5-3-12(4-6-13)10-25(23)24/h3-9,11H,10H2,1-2H3,(H,20,21)(H,23,24). The Bertz CT molecular complexity index is 930. The van der Waals surface area contributed by atoms with Crippen LogP contribution in [0.5, 0.6) is 0 Å².